The first-order chi connectivity index (χ1) is 8.46. The van der Waals surface area contributed by atoms with E-state index in [1.807, 2.05) is 20.8 Å². The van der Waals surface area contributed by atoms with E-state index in [1.165, 1.54) is 11.5 Å². The molecule has 0 aliphatic carbocycles. The van der Waals surface area contributed by atoms with E-state index < -0.39 is 5.60 Å². The van der Waals surface area contributed by atoms with Crippen molar-refractivity contribution in [3.8, 4) is 0 Å². The third-order valence-electron chi connectivity index (χ3n) is 2.87. The minimum atomic E-state index is -0.423. The van der Waals surface area contributed by atoms with Crippen molar-refractivity contribution in [3.63, 3.8) is 0 Å². The second-order valence-electron chi connectivity index (χ2n) is 5.52. The van der Waals surface area contributed by atoms with Gasteiger partial charge in [0.15, 0.2) is 0 Å². The minimum Gasteiger partial charge on any atom is -0.444 e. The Morgan fingerprint density at radius 3 is 2.61 bits per heavy atom. The normalized spacial score (nSPS) is 17.8. The van der Waals surface area contributed by atoms with Crippen LogP contribution < -0.4 is 0 Å². The number of rotatable bonds is 1. The molecule has 1 aromatic rings. The molecule has 0 bridgehead atoms. The van der Waals surface area contributed by atoms with Gasteiger partial charge in [0.1, 0.15) is 16.9 Å². The molecule has 1 fully saturated rings. The zero-order valence-electron chi connectivity index (χ0n) is 11.0. The van der Waals surface area contributed by atoms with Crippen LogP contribution in [0.15, 0.2) is 6.33 Å². The highest BCUT2D eigenvalue weighted by Crippen LogP contribution is 2.28. The van der Waals surface area contributed by atoms with Crippen LogP contribution in [-0.4, -0.2) is 39.0 Å². The Hall–Kier alpha value is -1.17. The van der Waals surface area contributed by atoms with Gasteiger partial charge in [-0.3, -0.25) is 0 Å². The molecule has 1 aliphatic rings. The smallest absolute Gasteiger partial charge is 0.410 e. The second-order valence-corrected chi connectivity index (χ2v) is 6.33. The molecule has 1 saturated heterocycles. The number of amides is 1. The monoisotopic (exact) mass is 269 g/mol. The van der Waals surface area contributed by atoms with Gasteiger partial charge < -0.3 is 9.64 Å². The Balaban J connectivity index is 1.85. The van der Waals surface area contributed by atoms with E-state index >= 15 is 0 Å². The molecule has 2 rings (SSSR count). The number of hydrogen-bond donors (Lipinski definition) is 0. The molecule has 1 aliphatic heterocycles. The van der Waals surface area contributed by atoms with Crippen molar-refractivity contribution in [3.05, 3.63) is 11.3 Å². The largest absolute Gasteiger partial charge is 0.444 e. The SMILES string of the molecule is CC(C)(C)OC(=O)N1CCC(c2ncns2)CC1. The fourth-order valence-electron chi connectivity index (χ4n) is 2.00. The Morgan fingerprint density at radius 1 is 1.44 bits per heavy atom. The van der Waals surface area contributed by atoms with Crippen LogP contribution in [0.5, 0.6) is 0 Å². The molecule has 0 N–H and O–H groups in total. The van der Waals surface area contributed by atoms with E-state index in [9.17, 15) is 4.79 Å². The maximum Gasteiger partial charge on any atom is 0.410 e. The zero-order valence-corrected chi connectivity index (χ0v) is 11.9. The maximum atomic E-state index is 11.9. The number of likely N-dealkylation sites (tertiary alicyclic amines) is 1. The minimum absolute atomic E-state index is 0.210. The predicted octanol–water partition coefficient (Wildman–Crippen LogP) is 2.65. The summed E-state index contributed by atoms with van der Waals surface area (Å²) in [7, 11) is 0. The number of carbonyl (C=O) groups is 1. The first kappa shape index (κ1) is 13.3. The highest BCUT2D eigenvalue weighted by Gasteiger charge is 2.28. The van der Waals surface area contributed by atoms with Gasteiger partial charge in [0.25, 0.3) is 0 Å². The molecule has 0 radical (unpaired) electrons. The van der Waals surface area contributed by atoms with Crippen LogP contribution in [-0.2, 0) is 4.74 Å². The topological polar surface area (TPSA) is 55.3 Å². The summed E-state index contributed by atoms with van der Waals surface area (Å²) in [5.74, 6) is 0.441. The van der Waals surface area contributed by atoms with Gasteiger partial charge >= 0.3 is 6.09 Å². The molecule has 0 spiro atoms. The molecular formula is C12H19N3O2S. The average Bonchev–Trinajstić information content (AvgIpc) is 2.80. The van der Waals surface area contributed by atoms with Crippen LogP contribution in [0, 0.1) is 0 Å². The van der Waals surface area contributed by atoms with Gasteiger partial charge in [-0.25, -0.2) is 9.78 Å². The van der Waals surface area contributed by atoms with Crippen LogP contribution in [0.1, 0.15) is 44.5 Å². The van der Waals surface area contributed by atoms with E-state index in [0.717, 1.165) is 30.9 Å². The van der Waals surface area contributed by atoms with Gasteiger partial charge in [0, 0.05) is 19.0 Å². The fourth-order valence-corrected chi connectivity index (χ4v) is 2.68. The Bertz CT molecular complexity index is 392. The number of aromatic nitrogens is 2. The lowest BCUT2D eigenvalue weighted by Crippen LogP contribution is -2.41. The summed E-state index contributed by atoms with van der Waals surface area (Å²) < 4.78 is 9.39. The van der Waals surface area contributed by atoms with E-state index in [1.54, 1.807) is 11.2 Å². The van der Waals surface area contributed by atoms with Crippen molar-refractivity contribution in [2.24, 2.45) is 0 Å². The third kappa shape index (κ3) is 3.41. The fraction of sp³-hybridized carbons (Fsp3) is 0.750. The number of nitrogens with zero attached hydrogens (tertiary/aromatic N) is 3. The Morgan fingerprint density at radius 2 is 2.11 bits per heavy atom. The highest BCUT2D eigenvalue weighted by atomic mass is 32.1. The number of carbonyl (C=O) groups excluding carboxylic acids is 1. The summed E-state index contributed by atoms with van der Waals surface area (Å²) in [5.41, 5.74) is -0.423. The van der Waals surface area contributed by atoms with E-state index in [2.05, 4.69) is 9.36 Å². The summed E-state index contributed by atoms with van der Waals surface area (Å²) in [6, 6.07) is 0. The van der Waals surface area contributed by atoms with E-state index in [4.69, 9.17) is 4.74 Å². The Labute approximate surface area is 111 Å². The van der Waals surface area contributed by atoms with Gasteiger partial charge in [-0.2, -0.15) is 4.37 Å². The van der Waals surface area contributed by atoms with Crippen molar-refractivity contribution in [2.45, 2.75) is 45.1 Å². The van der Waals surface area contributed by atoms with Crippen molar-refractivity contribution < 1.29 is 9.53 Å². The van der Waals surface area contributed by atoms with E-state index in [-0.39, 0.29) is 6.09 Å². The lowest BCUT2D eigenvalue weighted by molar-refractivity contribution is 0.0205. The molecule has 0 saturated carbocycles. The molecule has 0 atom stereocenters. The number of piperidine rings is 1. The van der Waals surface area contributed by atoms with Gasteiger partial charge in [-0.1, -0.05) is 0 Å². The molecule has 0 unspecified atom stereocenters. The average molecular weight is 269 g/mol. The molecule has 18 heavy (non-hydrogen) atoms. The van der Waals surface area contributed by atoms with Crippen molar-refractivity contribution in [1.82, 2.24) is 14.3 Å². The van der Waals surface area contributed by atoms with Gasteiger partial charge in [-0.05, 0) is 45.1 Å². The van der Waals surface area contributed by atoms with Crippen molar-refractivity contribution in [2.75, 3.05) is 13.1 Å². The lowest BCUT2D eigenvalue weighted by atomic mass is 9.98. The molecular weight excluding hydrogens is 250 g/mol. The van der Waals surface area contributed by atoms with Crippen LogP contribution >= 0.6 is 11.5 Å². The van der Waals surface area contributed by atoms with Crippen LogP contribution in [0.2, 0.25) is 0 Å². The van der Waals surface area contributed by atoms with Gasteiger partial charge in [0.05, 0.1) is 0 Å². The standard InChI is InChI=1S/C12H19N3O2S/c1-12(2,3)17-11(16)15-6-4-9(5-7-15)10-13-8-14-18-10/h8-9H,4-7H2,1-3H3. The van der Waals surface area contributed by atoms with Crippen LogP contribution in [0.4, 0.5) is 4.79 Å². The summed E-state index contributed by atoms with van der Waals surface area (Å²) in [5, 5.41) is 1.08. The van der Waals surface area contributed by atoms with Crippen molar-refractivity contribution in [1.29, 1.82) is 0 Å². The first-order valence-electron chi connectivity index (χ1n) is 6.20. The van der Waals surface area contributed by atoms with Crippen LogP contribution in [0.3, 0.4) is 0 Å². The van der Waals surface area contributed by atoms with Gasteiger partial charge in [-0.15, -0.1) is 0 Å². The second kappa shape index (κ2) is 5.22. The van der Waals surface area contributed by atoms with Crippen molar-refractivity contribution >= 4 is 17.6 Å². The molecule has 1 aromatic heterocycles. The molecule has 6 heteroatoms. The Kier molecular flexibility index (Phi) is 3.85. The number of ether oxygens (including phenoxy) is 1. The summed E-state index contributed by atoms with van der Waals surface area (Å²) in [6.07, 6.45) is 3.27. The number of hydrogen-bond acceptors (Lipinski definition) is 5. The summed E-state index contributed by atoms with van der Waals surface area (Å²) in [6.45, 7) is 7.13. The molecule has 2 heterocycles. The third-order valence-corrected chi connectivity index (χ3v) is 3.70. The lowest BCUT2D eigenvalue weighted by Gasteiger charge is -2.32. The highest BCUT2D eigenvalue weighted by molar-refractivity contribution is 7.05. The van der Waals surface area contributed by atoms with Gasteiger partial charge in [0.2, 0.25) is 0 Å². The summed E-state index contributed by atoms with van der Waals surface area (Å²) in [4.78, 5) is 17.9. The maximum absolute atomic E-state index is 11.9. The molecule has 1 amide bonds. The first-order valence-corrected chi connectivity index (χ1v) is 6.97. The molecule has 100 valence electrons. The molecule has 5 nitrogen and oxygen atoms in total. The zero-order chi connectivity index (χ0) is 13.2. The van der Waals surface area contributed by atoms with Crippen LogP contribution in [0.25, 0.3) is 0 Å². The molecule has 0 aromatic carbocycles. The summed E-state index contributed by atoms with van der Waals surface area (Å²) >= 11 is 1.45. The quantitative estimate of drug-likeness (QED) is 0.786. The predicted molar refractivity (Wildman–Crippen MR) is 69.7 cm³/mol. The van der Waals surface area contributed by atoms with E-state index in [0.29, 0.717) is 5.92 Å².